The Labute approximate surface area is 159 Å². The smallest absolute Gasteiger partial charge is 0.244 e. The summed E-state index contributed by atoms with van der Waals surface area (Å²) in [4.78, 5) is 12.5. The molecule has 0 saturated carbocycles. The zero-order valence-electron chi connectivity index (χ0n) is 16.1. The number of para-hydroxylation sites is 1. The third-order valence-electron chi connectivity index (χ3n) is 4.54. The van der Waals surface area contributed by atoms with E-state index in [4.69, 9.17) is 14.2 Å². The van der Waals surface area contributed by atoms with Crippen molar-refractivity contribution in [1.29, 1.82) is 0 Å². The van der Waals surface area contributed by atoms with Crippen molar-refractivity contribution >= 4 is 12.0 Å². The number of benzene rings is 2. The van der Waals surface area contributed by atoms with E-state index >= 15 is 0 Å². The third kappa shape index (κ3) is 4.42. The van der Waals surface area contributed by atoms with Gasteiger partial charge in [-0.2, -0.15) is 0 Å². The van der Waals surface area contributed by atoms with E-state index in [0.717, 1.165) is 28.4 Å². The van der Waals surface area contributed by atoms with Gasteiger partial charge < -0.3 is 19.5 Å². The standard InChI is InChI=1S/C22H25NO4/c1-22(2)14-18(17-13-16(25-3)10-11-20(17)27-22)23-21(24)12-9-15-7-5-6-8-19(15)26-4/h5-13,18H,14H2,1-4H3,(H,23,24)/b12-9+/t18-/m0/s1. The molecule has 0 spiro atoms. The van der Waals surface area contributed by atoms with Crippen molar-refractivity contribution in [2.24, 2.45) is 0 Å². The predicted molar refractivity (Wildman–Crippen MR) is 105 cm³/mol. The van der Waals surface area contributed by atoms with Crippen LogP contribution in [0, 0.1) is 0 Å². The highest BCUT2D eigenvalue weighted by molar-refractivity contribution is 5.92. The topological polar surface area (TPSA) is 56.8 Å². The lowest BCUT2D eigenvalue weighted by Crippen LogP contribution is -2.40. The first-order valence-electron chi connectivity index (χ1n) is 8.90. The minimum Gasteiger partial charge on any atom is -0.497 e. The van der Waals surface area contributed by atoms with Crippen LogP contribution in [0.1, 0.15) is 37.4 Å². The number of amides is 1. The summed E-state index contributed by atoms with van der Waals surface area (Å²) in [6.45, 7) is 4.04. The fourth-order valence-electron chi connectivity index (χ4n) is 3.28. The first-order chi connectivity index (χ1) is 12.9. The molecule has 0 aromatic heterocycles. The van der Waals surface area contributed by atoms with Crippen molar-refractivity contribution in [3.05, 3.63) is 59.7 Å². The Morgan fingerprint density at radius 1 is 1.19 bits per heavy atom. The van der Waals surface area contributed by atoms with Gasteiger partial charge in [-0.15, -0.1) is 0 Å². The van der Waals surface area contributed by atoms with Crippen LogP contribution in [0.15, 0.2) is 48.5 Å². The number of carbonyl (C=O) groups excluding carboxylic acids is 1. The molecule has 0 fully saturated rings. The molecule has 2 aromatic carbocycles. The molecule has 0 bridgehead atoms. The van der Waals surface area contributed by atoms with E-state index in [0.29, 0.717) is 6.42 Å². The van der Waals surface area contributed by atoms with Crippen molar-refractivity contribution in [2.75, 3.05) is 14.2 Å². The van der Waals surface area contributed by atoms with Gasteiger partial charge >= 0.3 is 0 Å². The van der Waals surface area contributed by atoms with Crippen LogP contribution in [0.4, 0.5) is 0 Å². The lowest BCUT2D eigenvalue weighted by molar-refractivity contribution is -0.117. The van der Waals surface area contributed by atoms with Gasteiger partial charge in [-0.3, -0.25) is 4.79 Å². The Morgan fingerprint density at radius 3 is 2.70 bits per heavy atom. The van der Waals surface area contributed by atoms with E-state index in [9.17, 15) is 4.79 Å². The molecule has 1 heterocycles. The lowest BCUT2D eigenvalue weighted by Gasteiger charge is -2.37. The molecule has 5 heteroatoms. The Hall–Kier alpha value is -2.95. The second-order valence-corrected chi connectivity index (χ2v) is 7.11. The van der Waals surface area contributed by atoms with Gasteiger partial charge in [0.15, 0.2) is 0 Å². The van der Waals surface area contributed by atoms with Crippen LogP contribution in [0.25, 0.3) is 6.08 Å². The van der Waals surface area contributed by atoms with Crippen molar-refractivity contribution in [3.63, 3.8) is 0 Å². The Balaban J connectivity index is 1.80. The molecule has 1 aliphatic rings. The molecule has 0 radical (unpaired) electrons. The van der Waals surface area contributed by atoms with Crippen molar-refractivity contribution < 1.29 is 19.0 Å². The quantitative estimate of drug-likeness (QED) is 0.807. The van der Waals surface area contributed by atoms with Crippen molar-refractivity contribution in [2.45, 2.75) is 31.9 Å². The van der Waals surface area contributed by atoms with E-state index in [1.807, 2.05) is 56.3 Å². The number of methoxy groups -OCH3 is 2. The average molecular weight is 367 g/mol. The molecule has 27 heavy (non-hydrogen) atoms. The highest BCUT2D eigenvalue weighted by Gasteiger charge is 2.34. The zero-order chi connectivity index (χ0) is 19.4. The summed E-state index contributed by atoms with van der Waals surface area (Å²) < 4.78 is 16.7. The van der Waals surface area contributed by atoms with Crippen LogP contribution in [0.5, 0.6) is 17.2 Å². The Kier molecular flexibility index (Phi) is 5.40. The Bertz CT molecular complexity index is 857. The maximum atomic E-state index is 12.5. The van der Waals surface area contributed by atoms with E-state index < -0.39 is 0 Å². The largest absolute Gasteiger partial charge is 0.497 e. The van der Waals surface area contributed by atoms with E-state index in [2.05, 4.69) is 5.32 Å². The lowest BCUT2D eigenvalue weighted by atomic mass is 9.89. The maximum Gasteiger partial charge on any atom is 0.244 e. The number of nitrogens with one attached hydrogen (secondary N) is 1. The molecule has 1 N–H and O–H groups in total. The van der Waals surface area contributed by atoms with Gasteiger partial charge in [0.05, 0.1) is 20.3 Å². The van der Waals surface area contributed by atoms with E-state index in [1.165, 1.54) is 6.08 Å². The normalized spacial score (nSPS) is 17.7. The summed E-state index contributed by atoms with van der Waals surface area (Å²) in [5.74, 6) is 2.06. The van der Waals surface area contributed by atoms with Gasteiger partial charge in [0.1, 0.15) is 22.8 Å². The number of fused-ring (bicyclic) bond motifs is 1. The summed E-state index contributed by atoms with van der Waals surface area (Å²) in [5, 5.41) is 3.09. The number of rotatable bonds is 5. The first kappa shape index (κ1) is 18.8. The summed E-state index contributed by atoms with van der Waals surface area (Å²) in [6.07, 6.45) is 3.95. The summed E-state index contributed by atoms with van der Waals surface area (Å²) in [7, 11) is 3.24. The number of hydrogen-bond acceptors (Lipinski definition) is 4. The molecule has 1 atom stereocenters. The SMILES string of the molecule is COc1ccc2c(c1)[C@@H](NC(=O)/C=C/c1ccccc1OC)CC(C)(C)O2. The van der Waals surface area contributed by atoms with Gasteiger partial charge in [0.2, 0.25) is 5.91 Å². The third-order valence-corrected chi connectivity index (χ3v) is 4.54. The van der Waals surface area contributed by atoms with Crippen LogP contribution in [0.2, 0.25) is 0 Å². The fraction of sp³-hybridized carbons (Fsp3) is 0.318. The monoisotopic (exact) mass is 367 g/mol. The van der Waals surface area contributed by atoms with Crippen LogP contribution >= 0.6 is 0 Å². The van der Waals surface area contributed by atoms with Crippen molar-refractivity contribution in [3.8, 4) is 17.2 Å². The van der Waals surface area contributed by atoms with Gasteiger partial charge in [0.25, 0.3) is 0 Å². The summed E-state index contributed by atoms with van der Waals surface area (Å²) in [6, 6.07) is 13.1. The number of ether oxygens (including phenoxy) is 3. The molecule has 0 saturated heterocycles. The van der Waals surface area contributed by atoms with Gasteiger partial charge in [0, 0.05) is 23.6 Å². The minimum absolute atomic E-state index is 0.159. The first-order valence-corrected chi connectivity index (χ1v) is 8.90. The van der Waals surface area contributed by atoms with Crippen LogP contribution in [-0.2, 0) is 4.79 Å². The molecule has 2 aromatic rings. The highest BCUT2D eigenvalue weighted by atomic mass is 16.5. The second kappa shape index (κ2) is 7.74. The average Bonchev–Trinajstić information content (AvgIpc) is 2.65. The molecule has 142 valence electrons. The van der Waals surface area contributed by atoms with Crippen LogP contribution < -0.4 is 19.5 Å². The summed E-state index contributed by atoms with van der Waals surface area (Å²) in [5.41, 5.74) is 1.41. The van der Waals surface area contributed by atoms with Gasteiger partial charge in [-0.25, -0.2) is 0 Å². The van der Waals surface area contributed by atoms with Crippen LogP contribution in [0.3, 0.4) is 0 Å². The maximum absolute atomic E-state index is 12.5. The van der Waals surface area contributed by atoms with Crippen molar-refractivity contribution in [1.82, 2.24) is 5.32 Å². The predicted octanol–water partition coefficient (Wildman–Crippen LogP) is 4.14. The molecule has 1 amide bonds. The summed E-state index contributed by atoms with van der Waals surface area (Å²) >= 11 is 0. The molecular weight excluding hydrogens is 342 g/mol. The Morgan fingerprint density at radius 2 is 1.96 bits per heavy atom. The van der Waals surface area contributed by atoms with E-state index in [1.54, 1.807) is 20.3 Å². The molecule has 0 aliphatic carbocycles. The fourth-order valence-corrected chi connectivity index (χ4v) is 3.28. The molecule has 3 rings (SSSR count). The number of hydrogen-bond donors (Lipinski definition) is 1. The minimum atomic E-state index is -0.369. The highest BCUT2D eigenvalue weighted by Crippen LogP contribution is 2.41. The van der Waals surface area contributed by atoms with E-state index in [-0.39, 0.29) is 17.6 Å². The molecule has 0 unspecified atom stereocenters. The molecule has 5 nitrogen and oxygen atoms in total. The number of carbonyl (C=O) groups is 1. The zero-order valence-corrected chi connectivity index (χ0v) is 16.1. The molecular formula is C22H25NO4. The van der Waals surface area contributed by atoms with Crippen LogP contribution in [-0.4, -0.2) is 25.7 Å². The molecule has 1 aliphatic heterocycles. The van der Waals surface area contributed by atoms with Gasteiger partial charge in [-0.05, 0) is 44.2 Å². The van der Waals surface area contributed by atoms with Gasteiger partial charge in [-0.1, -0.05) is 18.2 Å². The second-order valence-electron chi connectivity index (χ2n) is 7.11.